The highest BCUT2D eigenvalue weighted by Gasteiger charge is 2.34. The van der Waals surface area contributed by atoms with Crippen LogP contribution in [0.25, 0.3) is 76.2 Å². The third-order valence-electron chi connectivity index (χ3n) is 19.9. The number of nitrogens with zero attached hydrogens (tertiary/aromatic N) is 13. The van der Waals surface area contributed by atoms with E-state index in [4.69, 9.17) is 61.4 Å². The molecule has 0 bridgehead atoms. The molecule has 6 aromatic carbocycles. The lowest BCUT2D eigenvalue weighted by molar-refractivity contribution is 0.516. The molecule has 4 fully saturated rings. The highest BCUT2D eigenvalue weighted by Crippen LogP contribution is 2.48. The van der Waals surface area contributed by atoms with E-state index in [-0.39, 0.29) is 74.9 Å². The van der Waals surface area contributed by atoms with Crippen molar-refractivity contribution in [2.24, 2.45) is 0 Å². The number of nitrogens with one attached hydrogen (secondary N) is 6. The topological polar surface area (TPSA) is 323 Å². The summed E-state index contributed by atoms with van der Waals surface area (Å²) in [5.41, 5.74) is 4.01. The van der Waals surface area contributed by atoms with Gasteiger partial charge in [0.2, 0.25) is 17.8 Å². The second-order valence-corrected chi connectivity index (χ2v) is 38.3. The Morgan fingerprint density at radius 2 is 0.795 bits per heavy atom. The van der Waals surface area contributed by atoms with E-state index in [1.165, 1.54) is 95.5 Å². The third-order valence-corrected chi connectivity index (χ3v) is 29.6. The summed E-state index contributed by atoms with van der Waals surface area (Å²) in [6, 6.07) is 30.5. The Balaban J connectivity index is 0.000000142. The van der Waals surface area contributed by atoms with Gasteiger partial charge < -0.3 is 25.8 Å². The Labute approximate surface area is 731 Å². The van der Waals surface area contributed by atoms with Crippen molar-refractivity contribution in [1.82, 2.24) is 55.1 Å². The molecule has 2 saturated carbocycles. The molecule has 4 aliphatic rings. The molecule has 0 radical (unpaired) electrons. The van der Waals surface area contributed by atoms with Gasteiger partial charge in [0.15, 0.2) is 32.6 Å². The summed E-state index contributed by atoms with van der Waals surface area (Å²) in [5.74, 6) is -3.70. The molecule has 17 rings (SSSR count). The molecule has 6 N–H and O–H groups in total. The van der Waals surface area contributed by atoms with E-state index < -0.39 is 69.7 Å². The molecule has 2 aliphatic heterocycles. The number of thiazole rings is 3. The molecule has 0 atom stereocenters. The fourth-order valence-corrected chi connectivity index (χ4v) is 22.2. The van der Waals surface area contributed by atoms with Crippen LogP contribution in [0.3, 0.4) is 0 Å². The fraction of sp³-hybridized carbons (Fsp3) is 0.256. The van der Waals surface area contributed by atoms with Gasteiger partial charge in [0.1, 0.15) is 32.1 Å². The van der Waals surface area contributed by atoms with Gasteiger partial charge in [-0.2, -0.15) is 5.10 Å². The Morgan fingerprint density at radius 3 is 1.20 bits per heavy atom. The molecule has 2 saturated heterocycles. The largest absolute Gasteiger partial charge is 0.357 e. The van der Waals surface area contributed by atoms with Crippen molar-refractivity contribution in [3.63, 3.8) is 0 Å². The maximum Gasteiger partial charge on any atom is 0.267 e. The molecule has 2 aliphatic carbocycles. The van der Waals surface area contributed by atoms with Crippen LogP contribution < -0.4 is 39.9 Å². The van der Waals surface area contributed by atoms with E-state index in [1.807, 2.05) is 17.7 Å². The molecule has 0 spiro atoms. The molecule has 632 valence electrons. The van der Waals surface area contributed by atoms with Gasteiger partial charge in [-0.3, -0.25) is 14.2 Å². The van der Waals surface area contributed by atoms with Gasteiger partial charge in [0, 0.05) is 80.6 Å². The Morgan fingerprint density at radius 1 is 0.402 bits per heavy atom. The van der Waals surface area contributed by atoms with E-state index >= 15 is 13.2 Å². The van der Waals surface area contributed by atoms with Gasteiger partial charge in [-0.25, -0.2) is 92.1 Å². The van der Waals surface area contributed by atoms with Gasteiger partial charge in [-0.05, 0) is 194 Å². The number of aromatic nitrogens is 11. The van der Waals surface area contributed by atoms with Crippen molar-refractivity contribution in [2.75, 3.05) is 73.1 Å². The molecular formula is C82H74Cl4F5N19O6S6. The van der Waals surface area contributed by atoms with Crippen molar-refractivity contribution < 1.29 is 47.2 Å². The zero-order valence-corrected chi connectivity index (χ0v) is 73.4. The Kier molecular flexibility index (Phi) is 25.9. The summed E-state index contributed by atoms with van der Waals surface area (Å²) < 4.78 is 163. The molecule has 0 unspecified atom stereocenters. The molecule has 25 nitrogen and oxygen atoms in total. The van der Waals surface area contributed by atoms with Crippen molar-refractivity contribution in [3.8, 4) is 76.2 Å². The Bertz CT molecular complexity index is 6520. The predicted octanol–water partition coefficient (Wildman–Crippen LogP) is 20.4. The second-order valence-electron chi connectivity index (χ2n) is 28.9. The first-order valence-corrected chi connectivity index (χ1v) is 46.8. The quantitative estimate of drug-likeness (QED) is 0.0324. The van der Waals surface area contributed by atoms with Gasteiger partial charge in [-0.15, -0.1) is 16.4 Å². The number of rotatable bonds is 23. The van der Waals surface area contributed by atoms with E-state index in [0.717, 1.165) is 113 Å². The number of benzene rings is 6. The highest BCUT2D eigenvalue weighted by molar-refractivity contribution is 7.93. The van der Waals surface area contributed by atoms with Crippen LogP contribution in [0, 0.1) is 56.8 Å². The Hall–Kier alpha value is -10.4. The van der Waals surface area contributed by atoms with Gasteiger partial charge in [0.05, 0.1) is 91.6 Å². The van der Waals surface area contributed by atoms with Crippen LogP contribution in [0.5, 0.6) is 0 Å². The minimum absolute atomic E-state index is 0.0244. The number of hydrogen-bond acceptors (Lipinski definition) is 25. The smallest absolute Gasteiger partial charge is 0.267 e. The molecule has 40 heteroatoms. The first-order chi connectivity index (χ1) is 58.5. The van der Waals surface area contributed by atoms with Crippen LogP contribution in [-0.2, 0) is 30.1 Å². The number of halogens is 9. The number of aryl methyl sites for hydroxylation is 4. The number of piperidine rings is 2. The van der Waals surface area contributed by atoms with Crippen LogP contribution in [0.1, 0.15) is 86.6 Å². The summed E-state index contributed by atoms with van der Waals surface area (Å²) in [5, 5.41) is 19.6. The van der Waals surface area contributed by atoms with E-state index in [2.05, 4.69) is 75.3 Å². The molecule has 0 amide bonds. The maximum atomic E-state index is 16.2. The van der Waals surface area contributed by atoms with Crippen molar-refractivity contribution in [1.29, 1.82) is 0 Å². The lowest BCUT2D eigenvalue weighted by Gasteiger charge is -2.25. The number of hydrogen-bond donors (Lipinski definition) is 6. The first-order valence-electron chi connectivity index (χ1n) is 38.3. The summed E-state index contributed by atoms with van der Waals surface area (Å²) in [6.07, 6.45) is 15.5. The monoisotopic (exact) mass is 1850 g/mol. The fourth-order valence-electron chi connectivity index (χ4n) is 13.2. The molecular weight excluding hydrogens is 1780 g/mol. The minimum atomic E-state index is -4.80. The van der Waals surface area contributed by atoms with Gasteiger partial charge in [-0.1, -0.05) is 105 Å². The number of sulfonamides is 3. The first kappa shape index (κ1) is 86.5. The van der Waals surface area contributed by atoms with Crippen LogP contribution in [0.4, 0.5) is 67.1 Å². The normalized spacial score (nSPS) is 14.3. The summed E-state index contributed by atoms with van der Waals surface area (Å²) in [4.78, 5) is 45.4. The average molecular weight is 1850 g/mol. The van der Waals surface area contributed by atoms with Crippen molar-refractivity contribution >= 4 is 156 Å². The summed E-state index contributed by atoms with van der Waals surface area (Å²) in [7, 11) is -11.7. The van der Waals surface area contributed by atoms with Gasteiger partial charge in [0.25, 0.3) is 30.1 Å². The zero-order valence-electron chi connectivity index (χ0n) is 65.4. The molecule has 9 heterocycles. The third kappa shape index (κ3) is 19.2. The highest BCUT2D eigenvalue weighted by atomic mass is 35.5. The summed E-state index contributed by atoms with van der Waals surface area (Å²) in [6.45, 7) is 9.81. The van der Waals surface area contributed by atoms with Crippen molar-refractivity contribution in [2.45, 2.75) is 119 Å². The van der Waals surface area contributed by atoms with Crippen molar-refractivity contribution in [3.05, 3.63) is 211 Å². The standard InChI is InChI=1S/C28H22Cl2FN7O2S2.C28H27F3N6O2S2.C26H25Cl2FN6O2S2/c1-14-6-10-18(29)26(22(14)30)42(39,40)38-19-5-3-4-17(23(19)31)24-25(20-12-13-32-28(34-20)33-16-8-9-16)41-27(35-24)21-11-7-15(2)36-37-21;1-16-8-11-19(29)26(22(16)30)41(38,39)36-20-7-5-6-18(23(20)31)24-25(40-28(35-24)37-14-3-2-4-15-37)21-12-13-32-27(34-21)33-17-9-10-17;1-15-9-10-17(27)24(20(15)28)39(36,37)34-18-8-6-7-16(21(18)29)22-23(19-11-12-31-25(30-2)32-19)38-26(33-22)35-13-4-3-5-14-35/h3-7,10-13,16,38H,8-9H2,1-2H3,(H,32,33,34);5-8,11-13,17,36H,2-4,9-10,14-15H2,1H3,(H,32,33,34);6-12,34H,3-5,13-14H2,1-2H3,(H,30,31,32). The maximum absolute atomic E-state index is 16.2. The molecule has 7 aromatic heterocycles. The van der Waals surface area contributed by atoms with Crippen LogP contribution in [-0.4, -0.2) is 126 Å². The summed E-state index contributed by atoms with van der Waals surface area (Å²) >= 11 is 29.0. The lowest BCUT2D eigenvalue weighted by Crippen LogP contribution is -2.29. The SMILES string of the molecule is CNc1nccc(-c2sc(N3CCCCC3)nc2-c2cccc(NS(=O)(=O)c3c(Cl)ccc(C)c3Cl)c2F)n1.Cc1ccc(-c2nc(-c3cccc(NS(=O)(=O)c4c(Cl)ccc(C)c4Cl)c3F)c(-c3ccnc(NC4CC4)n3)s2)nn1.Cc1ccc(F)c(S(=O)(=O)Nc2cccc(-c3nc(N4CCCCC4)sc3-c3ccnc(NC4CC4)n3)c2F)c1F. The van der Waals surface area contributed by atoms with E-state index in [9.17, 15) is 34.0 Å². The minimum Gasteiger partial charge on any atom is -0.357 e. The predicted molar refractivity (Wildman–Crippen MR) is 472 cm³/mol. The lowest BCUT2D eigenvalue weighted by atomic mass is 10.1. The van der Waals surface area contributed by atoms with E-state index in [1.54, 1.807) is 88.0 Å². The van der Waals surface area contributed by atoms with Crippen LogP contribution in [0.15, 0.2) is 155 Å². The number of anilines is 8. The van der Waals surface area contributed by atoms with Gasteiger partial charge >= 0.3 is 0 Å². The van der Waals surface area contributed by atoms with E-state index in [0.29, 0.717) is 94.3 Å². The van der Waals surface area contributed by atoms with Crippen LogP contribution in [0.2, 0.25) is 20.1 Å². The molecule has 122 heavy (non-hydrogen) atoms. The second kappa shape index (κ2) is 36.6. The average Bonchev–Trinajstić information content (AvgIpc) is 1.41. The van der Waals surface area contributed by atoms with Crippen LogP contribution >= 0.6 is 80.4 Å². The molecule has 13 aromatic rings. The zero-order chi connectivity index (χ0) is 86.1.